The standard InChI is InChI=1S/C14H16ClNO3/c1-8-3-4-10(7-12(8)15)13(17)16(11-5-6-11)9(2)14(18)19/h3-4,7,9,11H,5-6H2,1-2H3,(H,18,19). The lowest BCUT2D eigenvalue weighted by Crippen LogP contribution is -2.44. The van der Waals surface area contributed by atoms with Crippen LogP contribution in [0.15, 0.2) is 18.2 Å². The zero-order chi connectivity index (χ0) is 14.2. The summed E-state index contributed by atoms with van der Waals surface area (Å²) in [5, 5.41) is 9.62. The maximum atomic E-state index is 12.4. The molecule has 1 aromatic rings. The normalized spacial score (nSPS) is 15.9. The van der Waals surface area contributed by atoms with Crippen LogP contribution in [0.1, 0.15) is 35.7 Å². The van der Waals surface area contributed by atoms with Gasteiger partial charge in [-0.25, -0.2) is 4.79 Å². The van der Waals surface area contributed by atoms with Crippen molar-refractivity contribution in [1.29, 1.82) is 0 Å². The summed E-state index contributed by atoms with van der Waals surface area (Å²) >= 11 is 6.01. The van der Waals surface area contributed by atoms with E-state index in [-0.39, 0.29) is 11.9 Å². The van der Waals surface area contributed by atoms with Gasteiger partial charge in [0, 0.05) is 16.6 Å². The van der Waals surface area contributed by atoms with E-state index in [1.54, 1.807) is 18.2 Å². The summed E-state index contributed by atoms with van der Waals surface area (Å²) in [6, 6.07) is 4.28. The summed E-state index contributed by atoms with van der Waals surface area (Å²) in [5.41, 5.74) is 1.33. The molecule has 1 aliphatic rings. The van der Waals surface area contributed by atoms with Gasteiger partial charge in [0.15, 0.2) is 0 Å². The monoisotopic (exact) mass is 281 g/mol. The van der Waals surface area contributed by atoms with Gasteiger partial charge in [-0.2, -0.15) is 0 Å². The van der Waals surface area contributed by atoms with E-state index in [9.17, 15) is 9.59 Å². The number of nitrogens with zero attached hydrogens (tertiary/aromatic N) is 1. The van der Waals surface area contributed by atoms with E-state index in [1.165, 1.54) is 11.8 Å². The molecule has 0 saturated heterocycles. The maximum Gasteiger partial charge on any atom is 0.326 e. The fourth-order valence-electron chi connectivity index (χ4n) is 2.00. The summed E-state index contributed by atoms with van der Waals surface area (Å²) in [6.07, 6.45) is 1.73. The van der Waals surface area contributed by atoms with Crippen LogP contribution in [0, 0.1) is 6.92 Å². The van der Waals surface area contributed by atoms with Crippen LogP contribution < -0.4 is 0 Å². The van der Waals surface area contributed by atoms with E-state index in [2.05, 4.69) is 0 Å². The number of amides is 1. The van der Waals surface area contributed by atoms with Gasteiger partial charge in [0.05, 0.1) is 0 Å². The van der Waals surface area contributed by atoms with Crippen LogP contribution in [0.25, 0.3) is 0 Å². The second-order valence-corrected chi connectivity index (χ2v) is 5.33. The number of carboxylic acid groups (broad SMARTS) is 1. The summed E-state index contributed by atoms with van der Waals surface area (Å²) < 4.78 is 0. The van der Waals surface area contributed by atoms with Crippen molar-refractivity contribution >= 4 is 23.5 Å². The van der Waals surface area contributed by atoms with Gasteiger partial charge in [-0.15, -0.1) is 0 Å². The highest BCUT2D eigenvalue weighted by Crippen LogP contribution is 2.31. The van der Waals surface area contributed by atoms with Crippen molar-refractivity contribution in [2.24, 2.45) is 0 Å². The van der Waals surface area contributed by atoms with E-state index in [0.717, 1.165) is 18.4 Å². The van der Waals surface area contributed by atoms with Gasteiger partial charge >= 0.3 is 5.97 Å². The van der Waals surface area contributed by atoms with Gasteiger partial charge < -0.3 is 10.0 Å². The quantitative estimate of drug-likeness (QED) is 0.923. The Morgan fingerprint density at radius 1 is 1.42 bits per heavy atom. The molecule has 0 heterocycles. The van der Waals surface area contributed by atoms with Crippen LogP contribution in [0.3, 0.4) is 0 Å². The molecule has 1 saturated carbocycles. The predicted molar refractivity (Wildman–Crippen MR) is 72.5 cm³/mol. The number of rotatable bonds is 4. The highest BCUT2D eigenvalue weighted by Gasteiger charge is 2.38. The van der Waals surface area contributed by atoms with Crippen molar-refractivity contribution in [3.8, 4) is 0 Å². The molecule has 19 heavy (non-hydrogen) atoms. The van der Waals surface area contributed by atoms with Gasteiger partial charge in [0.25, 0.3) is 5.91 Å². The number of aryl methyl sites for hydroxylation is 1. The molecule has 0 radical (unpaired) electrons. The molecule has 4 nitrogen and oxygen atoms in total. The summed E-state index contributed by atoms with van der Waals surface area (Å²) in [4.78, 5) is 25.0. The zero-order valence-corrected chi connectivity index (χ0v) is 11.6. The third-order valence-corrected chi connectivity index (χ3v) is 3.78. The van der Waals surface area contributed by atoms with Crippen molar-refractivity contribution in [2.45, 2.75) is 38.8 Å². The Balaban J connectivity index is 2.28. The van der Waals surface area contributed by atoms with Crippen LogP contribution in [-0.4, -0.2) is 34.0 Å². The highest BCUT2D eigenvalue weighted by atomic mass is 35.5. The summed E-state index contributed by atoms with van der Waals surface area (Å²) in [7, 11) is 0. The van der Waals surface area contributed by atoms with Crippen molar-refractivity contribution in [1.82, 2.24) is 4.90 Å². The number of carboxylic acids is 1. The Morgan fingerprint density at radius 3 is 2.53 bits per heavy atom. The van der Waals surface area contributed by atoms with Crippen molar-refractivity contribution in [3.05, 3.63) is 34.3 Å². The molecule has 102 valence electrons. The van der Waals surface area contributed by atoms with E-state index in [4.69, 9.17) is 16.7 Å². The van der Waals surface area contributed by atoms with Gasteiger partial charge in [-0.05, 0) is 44.4 Å². The smallest absolute Gasteiger partial charge is 0.326 e. The molecule has 0 bridgehead atoms. The third kappa shape index (κ3) is 2.89. The first-order valence-electron chi connectivity index (χ1n) is 6.23. The molecule has 1 fully saturated rings. The topological polar surface area (TPSA) is 57.6 Å². The fraction of sp³-hybridized carbons (Fsp3) is 0.429. The molecule has 1 amide bonds. The van der Waals surface area contributed by atoms with Crippen LogP contribution in [0.4, 0.5) is 0 Å². The molecule has 5 heteroatoms. The zero-order valence-electron chi connectivity index (χ0n) is 10.9. The largest absolute Gasteiger partial charge is 0.480 e. The molecule has 2 rings (SSSR count). The molecular weight excluding hydrogens is 266 g/mol. The van der Waals surface area contributed by atoms with Gasteiger partial charge in [0.1, 0.15) is 6.04 Å². The van der Waals surface area contributed by atoms with Crippen molar-refractivity contribution in [3.63, 3.8) is 0 Å². The van der Waals surface area contributed by atoms with Crippen LogP contribution >= 0.6 is 11.6 Å². The lowest BCUT2D eigenvalue weighted by Gasteiger charge is -2.26. The minimum absolute atomic E-state index is 0.0404. The highest BCUT2D eigenvalue weighted by molar-refractivity contribution is 6.31. The van der Waals surface area contributed by atoms with Crippen LogP contribution in [0.5, 0.6) is 0 Å². The van der Waals surface area contributed by atoms with Crippen molar-refractivity contribution < 1.29 is 14.7 Å². The number of carbonyl (C=O) groups excluding carboxylic acids is 1. The molecule has 1 unspecified atom stereocenters. The van der Waals surface area contributed by atoms with Gasteiger partial charge in [0.2, 0.25) is 0 Å². The minimum atomic E-state index is -0.988. The summed E-state index contributed by atoms with van der Waals surface area (Å²) in [5.74, 6) is -1.25. The third-order valence-electron chi connectivity index (χ3n) is 3.37. The SMILES string of the molecule is Cc1ccc(C(=O)N(C2CC2)C(C)C(=O)O)cc1Cl. The number of hydrogen-bond acceptors (Lipinski definition) is 2. The van der Waals surface area contributed by atoms with E-state index in [1.807, 2.05) is 6.92 Å². The Labute approximate surface area is 117 Å². The predicted octanol–water partition coefficient (Wildman–Crippen LogP) is 2.73. The number of benzene rings is 1. The Kier molecular flexibility index (Phi) is 3.80. The van der Waals surface area contributed by atoms with Gasteiger partial charge in [-0.1, -0.05) is 17.7 Å². The van der Waals surface area contributed by atoms with Crippen LogP contribution in [0.2, 0.25) is 5.02 Å². The molecule has 0 aliphatic heterocycles. The minimum Gasteiger partial charge on any atom is -0.480 e. The number of hydrogen-bond donors (Lipinski definition) is 1. The molecular formula is C14H16ClNO3. The molecule has 1 aromatic carbocycles. The molecule has 1 atom stereocenters. The Bertz CT molecular complexity index is 525. The maximum absolute atomic E-state index is 12.4. The lowest BCUT2D eigenvalue weighted by atomic mass is 10.1. The Morgan fingerprint density at radius 2 is 2.05 bits per heavy atom. The Hall–Kier alpha value is -1.55. The molecule has 1 aliphatic carbocycles. The molecule has 0 spiro atoms. The second-order valence-electron chi connectivity index (χ2n) is 4.92. The molecule has 1 N–H and O–H groups in total. The number of carbonyl (C=O) groups is 2. The lowest BCUT2D eigenvalue weighted by molar-refractivity contribution is -0.141. The average Bonchev–Trinajstić information content (AvgIpc) is 3.17. The van der Waals surface area contributed by atoms with Gasteiger partial charge in [-0.3, -0.25) is 4.79 Å². The van der Waals surface area contributed by atoms with E-state index in [0.29, 0.717) is 10.6 Å². The average molecular weight is 282 g/mol. The molecule has 0 aromatic heterocycles. The van der Waals surface area contributed by atoms with Crippen molar-refractivity contribution in [2.75, 3.05) is 0 Å². The first-order chi connectivity index (χ1) is 8.91. The fourth-order valence-corrected chi connectivity index (χ4v) is 2.19. The number of aliphatic carboxylic acids is 1. The van der Waals surface area contributed by atoms with E-state index >= 15 is 0 Å². The first-order valence-corrected chi connectivity index (χ1v) is 6.61. The summed E-state index contributed by atoms with van der Waals surface area (Å²) in [6.45, 7) is 3.39. The second kappa shape index (κ2) is 5.21. The van der Waals surface area contributed by atoms with E-state index < -0.39 is 12.0 Å². The first kappa shape index (κ1) is 13.9. The van der Waals surface area contributed by atoms with Crippen LogP contribution in [-0.2, 0) is 4.79 Å². The number of halogens is 1.